The van der Waals surface area contributed by atoms with Gasteiger partial charge in [0.25, 0.3) is 5.22 Å². The van der Waals surface area contributed by atoms with Crippen molar-refractivity contribution in [1.29, 1.82) is 0 Å². The quantitative estimate of drug-likeness (QED) is 0.296. The van der Waals surface area contributed by atoms with Crippen molar-refractivity contribution < 1.29 is 13.9 Å². The Morgan fingerprint density at radius 1 is 1.15 bits per heavy atom. The number of nitrogens with zero attached hydrogens (tertiary/aromatic N) is 2. The monoisotopic (exact) mass is 476 g/mol. The number of fused-ring (bicyclic) bond motifs is 1. The van der Waals surface area contributed by atoms with Gasteiger partial charge in [-0.1, -0.05) is 72.4 Å². The zero-order valence-corrected chi connectivity index (χ0v) is 20.3. The Labute approximate surface area is 203 Å². The first kappa shape index (κ1) is 23.6. The molecule has 176 valence electrons. The zero-order valence-electron chi connectivity index (χ0n) is 19.4. The SMILES string of the molecule is CC(C)(C)OC(=O)NC(Cc1c[nH]c2ccccc12)c1nnc(SC/C=C/c2ccccc2)o1. The summed E-state index contributed by atoms with van der Waals surface area (Å²) in [5.41, 5.74) is 2.58. The number of aromatic nitrogens is 3. The molecular weight excluding hydrogens is 448 g/mol. The van der Waals surface area contributed by atoms with Gasteiger partial charge in [-0.05, 0) is 38.0 Å². The van der Waals surface area contributed by atoms with E-state index in [1.165, 1.54) is 11.8 Å². The molecule has 0 aliphatic carbocycles. The van der Waals surface area contributed by atoms with Crippen molar-refractivity contribution in [1.82, 2.24) is 20.5 Å². The van der Waals surface area contributed by atoms with Crippen LogP contribution in [0.5, 0.6) is 0 Å². The summed E-state index contributed by atoms with van der Waals surface area (Å²) in [6, 6.07) is 17.6. The number of ether oxygens (including phenoxy) is 1. The number of nitrogens with one attached hydrogen (secondary N) is 2. The van der Waals surface area contributed by atoms with Crippen LogP contribution in [-0.2, 0) is 11.2 Å². The van der Waals surface area contributed by atoms with E-state index < -0.39 is 17.7 Å². The Morgan fingerprint density at radius 3 is 2.71 bits per heavy atom. The number of para-hydroxylation sites is 1. The highest BCUT2D eigenvalue weighted by Crippen LogP contribution is 2.26. The number of aromatic amines is 1. The molecule has 7 nitrogen and oxygen atoms in total. The highest BCUT2D eigenvalue weighted by molar-refractivity contribution is 7.99. The molecule has 2 aromatic carbocycles. The lowest BCUT2D eigenvalue weighted by atomic mass is 10.1. The van der Waals surface area contributed by atoms with Crippen LogP contribution >= 0.6 is 11.8 Å². The van der Waals surface area contributed by atoms with Crippen molar-refractivity contribution >= 4 is 34.8 Å². The molecule has 1 atom stereocenters. The topological polar surface area (TPSA) is 93.0 Å². The van der Waals surface area contributed by atoms with Crippen LogP contribution in [0.1, 0.15) is 43.8 Å². The number of benzene rings is 2. The van der Waals surface area contributed by atoms with Gasteiger partial charge in [-0.15, -0.1) is 10.2 Å². The maximum Gasteiger partial charge on any atom is 0.408 e. The molecule has 4 rings (SSSR count). The van der Waals surface area contributed by atoms with Gasteiger partial charge in [-0.25, -0.2) is 4.79 Å². The molecular formula is C26H28N4O3S. The predicted molar refractivity (Wildman–Crippen MR) is 135 cm³/mol. The average Bonchev–Trinajstić information content (AvgIpc) is 3.43. The van der Waals surface area contributed by atoms with Crippen molar-refractivity contribution in [2.24, 2.45) is 0 Å². The fourth-order valence-corrected chi connectivity index (χ4v) is 4.04. The van der Waals surface area contributed by atoms with Gasteiger partial charge in [-0.3, -0.25) is 0 Å². The Hall–Kier alpha value is -3.52. The molecule has 2 aromatic heterocycles. The van der Waals surface area contributed by atoms with Gasteiger partial charge < -0.3 is 19.5 Å². The first-order valence-electron chi connectivity index (χ1n) is 11.1. The number of hydrogen-bond donors (Lipinski definition) is 2. The smallest absolute Gasteiger partial charge is 0.408 e. The Balaban J connectivity index is 1.47. The van der Waals surface area contributed by atoms with Crippen molar-refractivity contribution in [2.75, 3.05) is 5.75 Å². The molecule has 2 N–H and O–H groups in total. The maximum atomic E-state index is 12.5. The second-order valence-electron chi connectivity index (χ2n) is 8.79. The van der Waals surface area contributed by atoms with Gasteiger partial charge >= 0.3 is 6.09 Å². The summed E-state index contributed by atoms with van der Waals surface area (Å²) in [5.74, 6) is 1.02. The largest absolute Gasteiger partial charge is 0.444 e. The Morgan fingerprint density at radius 2 is 1.91 bits per heavy atom. The fraction of sp³-hybridized carbons (Fsp3) is 0.269. The average molecular weight is 477 g/mol. The lowest BCUT2D eigenvalue weighted by Crippen LogP contribution is -2.36. The van der Waals surface area contributed by atoms with Gasteiger partial charge in [0.2, 0.25) is 5.89 Å². The highest BCUT2D eigenvalue weighted by Gasteiger charge is 2.26. The molecule has 2 heterocycles. The predicted octanol–water partition coefficient (Wildman–Crippen LogP) is 6.16. The number of carbonyl (C=O) groups is 1. The molecule has 0 saturated heterocycles. The first-order chi connectivity index (χ1) is 16.4. The molecule has 0 saturated carbocycles. The number of hydrogen-bond acceptors (Lipinski definition) is 6. The number of thioether (sulfide) groups is 1. The van der Waals surface area contributed by atoms with Crippen LogP contribution in [0.2, 0.25) is 0 Å². The van der Waals surface area contributed by atoms with E-state index >= 15 is 0 Å². The first-order valence-corrected chi connectivity index (χ1v) is 12.1. The second kappa shape index (κ2) is 10.6. The van der Waals surface area contributed by atoms with E-state index in [1.807, 2.05) is 93.7 Å². The normalized spacial score (nSPS) is 12.8. The minimum Gasteiger partial charge on any atom is -0.444 e. The summed E-state index contributed by atoms with van der Waals surface area (Å²) < 4.78 is 11.4. The third kappa shape index (κ3) is 6.51. The van der Waals surface area contributed by atoms with Crippen LogP contribution in [0.25, 0.3) is 17.0 Å². The molecule has 1 amide bonds. The zero-order chi connectivity index (χ0) is 24.0. The number of carbonyl (C=O) groups excluding carboxylic acids is 1. The molecule has 0 bridgehead atoms. The van der Waals surface area contributed by atoms with E-state index in [-0.39, 0.29) is 0 Å². The van der Waals surface area contributed by atoms with E-state index in [1.54, 1.807) is 0 Å². The third-order valence-electron chi connectivity index (χ3n) is 4.92. The summed E-state index contributed by atoms with van der Waals surface area (Å²) in [4.78, 5) is 15.8. The summed E-state index contributed by atoms with van der Waals surface area (Å²) >= 11 is 1.44. The molecule has 0 radical (unpaired) electrons. The van der Waals surface area contributed by atoms with Crippen LogP contribution in [0.3, 0.4) is 0 Å². The minimum atomic E-state index is -0.615. The molecule has 0 aliphatic heterocycles. The van der Waals surface area contributed by atoms with Gasteiger partial charge in [-0.2, -0.15) is 0 Å². The maximum absolute atomic E-state index is 12.5. The standard InChI is InChI=1S/C26H28N4O3S/c1-26(2,3)33-24(31)28-22(16-19-17-27-21-14-8-7-13-20(19)21)23-29-30-25(32-23)34-15-9-12-18-10-5-4-6-11-18/h4-14,17,22,27H,15-16H2,1-3H3,(H,28,31)/b12-9+. The highest BCUT2D eigenvalue weighted by atomic mass is 32.2. The molecule has 8 heteroatoms. The Bertz CT molecular complexity index is 1260. The summed E-state index contributed by atoms with van der Waals surface area (Å²) in [7, 11) is 0. The molecule has 1 unspecified atom stereocenters. The minimum absolute atomic E-state index is 0.339. The van der Waals surface area contributed by atoms with Gasteiger partial charge in [0.15, 0.2) is 0 Å². The molecule has 0 fully saturated rings. The van der Waals surface area contributed by atoms with E-state index in [9.17, 15) is 4.79 Å². The summed E-state index contributed by atoms with van der Waals surface area (Å²) in [6.07, 6.45) is 5.98. The molecule has 4 aromatic rings. The van der Waals surface area contributed by atoms with Crippen molar-refractivity contribution in [3.8, 4) is 0 Å². The third-order valence-corrected chi connectivity index (χ3v) is 5.69. The van der Waals surface area contributed by atoms with E-state index in [2.05, 4.69) is 20.5 Å². The van der Waals surface area contributed by atoms with E-state index in [0.29, 0.717) is 23.3 Å². The number of alkyl carbamates (subject to hydrolysis) is 1. The number of rotatable bonds is 8. The molecule has 0 spiro atoms. The Kier molecular flexibility index (Phi) is 7.37. The number of H-pyrrole nitrogens is 1. The summed E-state index contributed by atoms with van der Waals surface area (Å²) in [6.45, 7) is 5.48. The van der Waals surface area contributed by atoms with Crippen molar-refractivity contribution in [2.45, 2.75) is 44.1 Å². The number of amides is 1. The van der Waals surface area contributed by atoms with E-state index in [4.69, 9.17) is 9.15 Å². The molecule has 0 aliphatic rings. The lowest BCUT2D eigenvalue weighted by Gasteiger charge is -2.22. The van der Waals surface area contributed by atoms with Crippen molar-refractivity contribution in [3.05, 3.63) is 83.9 Å². The van der Waals surface area contributed by atoms with E-state index in [0.717, 1.165) is 22.0 Å². The molecule has 34 heavy (non-hydrogen) atoms. The van der Waals surface area contributed by atoms with Crippen LogP contribution < -0.4 is 5.32 Å². The van der Waals surface area contributed by atoms with Crippen LogP contribution in [0.4, 0.5) is 4.79 Å². The van der Waals surface area contributed by atoms with Gasteiger partial charge in [0.05, 0.1) is 0 Å². The van der Waals surface area contributed by atoms with Crippen molar-refractivity contribution in [3.63, 3.8) is 0 Å². The van der Waals surface area contributed by atoms with Crippen LogP contribution in [-0.4, -0.2) is 32.6 Å². The van der Waals surface area contributed by atoms with Crippen LogP contribution in [0, 0.1) is 0 Å². The lowest BCUT2D eigenvalue weighted by molar-refractivity contribution is 0.0494. The fourth-order valence-electron chi connectivity index (χ4n) is 3.46. The van der Waals surface area contributed by atoms with Gasteiger partial charge in [0.1, 0.15) is 11.6 Å². The second-order valence-corrected chi connectivity index (χ2v) is 9.76. The summed E-state index contributed by atoms with van der Waals surface area (Å²) in [5, 5.41) is 12.8. The van der Waals surface area contributed by atoms with Crippen LogP contribution in [0.15, 0.2) is 76.5 Å². The van der Waals surface area contributed by atoms with Gasteiger partial charge in [0, 0.05) is 29.3 Å².